The number of nitro benzene ring substituents is 1. The summed E-state index contributed by atoms with van der Waals surface area (Å²) in [5.74, 6) is -0.320. The van der Waals surface area contributed by atoms with Crippen molar-refractivity contribution >= 4 is 35.0 Å². The summed E-state index contributed by atoms with van der Waals surface area (Å²) < 4.78 is 0. The summed E-state index contributed by atoms with van der Waals surface area (Å²) in [6.07, 6.45) is 3.45. The van der Waals surface area contributed by atoms with Crippen molar-refractivity contribution in [2.75, 3.05) is 36.4 Å². The number of benzene rings is 3. The van der Waals surface area contributed by atoms with E-state index >= 15 is 0 Å². The number of carbonyl (C=O) groups excluding carboxylic acids is 2. The Bertz CT molecular complexity index is 1250. The van der Waals surface area contributed by atoms with Crippen molar-refractivity contribution in [2.45, 2.75) is 6.92 Å². The molecule has 0 saturated carbocycles. The third kappa shape index (κ3) is 5.92. The molecule has 4 rings (SSSR count). The average Bonchev–Trinajstić information content (AvgIpc) is 2.88. The van der Waals surface area contributed by atoms with E-state index in [2.05, 4.69) is 10.2 Å². The van der Waals surface area contributed by atoms with Crippen molar-refractivity contribution in [1.82, 2.24) is 4.90 Å². The topological polar surface area (TPSA) is 95.8 Å². The van der Waals surface area contributed by atoms with Crippen molar-refractivity contribution in [2.24, 2.45) is 0 Å². The molecule has 35 heavy (non-hydrogen) atoms. The van der Waals surface area contributed by atoms with E-state index in [1.807, 2.05) is 65.6 Å². The van der Waals surface area contributed by atoms with Gasteiger partial charge in [-0.1, -0.05) is 30.3 Å². The molecule has 3 aromatic carbocycles. The molecular weight excluding hydrogens is 444 g/mol. The second kappa shape index (κ2) is 10.6. The fourth-order valence-electron chi connectivity index (χ4n) is 3.98. The van der Waals surface area contributed by atoms with Crippen LogP contribution in [-0.4, -0.2) is 47.8 Å². The summed E-state index contributed by atoms with van der Waals surface area (Å²) in [5.41, 5.74) is 3.43. The number of rotatable bonds is 6. The third-order valence-electron chi connectivity index (χ3n) is 5.96. The summed E-state index contributed by atoms with van der Waals surface area (Å²) in [4.78, 5) is 39.6. The normalized spacial score (nSPS) is 13.6. The van der Waals surface area contributed by atoms with Gasteiger partial charge in [-0.3, -0.25) is 19.7 Å². The van der Waals surface area contributed by atoms with Crippen LogP contribution in [0.25, 0.3) is 6.08 Å². The molecule has 1 fully saturated rings. The van der Waals surface area contributed by atoms with Crippen LogP contribution in [0.5, 0.6) is 0 Å². The van der Waals surface area contributed by atoms with Gasteiger partial charge in [0.25, 0.3) is 11.6 Å². The predicted octanol–water partition coefficient (Wildman–Crippen LogP) is 4.52. The van der Waals surface area contributed by atoms with Crippen LogP contribution in [-0.2, 0) is 4.79 Å². The molecule has 0 atom stereocenters. The first-order valence-corrected chi connectivity index (χ1v) is 11.3. The molecule has 1 saturated heterocycles. The van der Waals surface area contributed by atoms with Gasteiger partial charge in [0.2, 0.25) is 5.91 Å². The second-order valence-corrected chi connectivity index (χ2v) is 8.32. The Morgan fingerprint density at radius 3 is 2.26 bits per heavy atom. The molecule has 0 radical (unpaired) electrons. The number of hydrogen-bond donors (Lipinski definition) is 1. The van der Waals surface area contributed by atoms with Gasteiger partial charge in [0.1, 0.15) is 0 Å². The van der Waals surface area contributed by atoms with E-state index in [4.69, 9.17) is 0 Å². The molecule has 2 amide bonds. The Labute approximate surface area is 203 Å². The minimum Gasteiger partial charge on any atom is -0.368 e. The van der Waals surface area contributed by atoms with E-state index in [-0.39, 0.29) is 17.5 Å². The van der Waals surface area contributed by atoms with Crippen LogP contribution in [0.3, 0.4) is 0 Å². The summed E-state index contributed by atoms with van der Waals surface area (Å²) in [7, 11) is 0. The zero-order valence-electron chi connectivity index (χ0n) is 19.4. The Hall–Kier alpha value is -4.46. The largest absolute Gasteiger partial charge is 0.368 e. The van der Waals surface area contributed by atoms with E-state index in [0.717, 1.165) is 24.3 Å². The van der Waals surface area contributed by atoms with Crippen molar-refractivity contribution in [3.05, 3.63) is 106 Å². The second-order valence-electron chi connectivity index (χ2n) is 8.32. The van der Waals surface area contributed by atoms with Crippen LogP contribution in [0.4, 0.5) is 17.1 Å². The van der Waals surface area contributed by atoms with Crippen LogP contribution >= 0.6 is 0 Å². The highest BCUT2D eigenvalue weighted by Crippen LogP contribution is 2.22. The number of nitrogens with one attached hydrogen (secondary N) is 1. The zero-order valence-corrected chi connectivity index (χ0v) is 19.4. The van der Waals surface area contributed by atoms with Crippen molar-refractivity contribution in [1.29, 1.82) is 0 Å². The van der Waals surface area contributed by atoms with Gasteiger partial charge in [-0.05, 0) is 55.0 Å². The quantitative estimate of drug-likeness (QED) is 0.325. The standard InChI is InChI=1S/C27H26N4O4/c1-20-19-22(8-13-25(20)31(34)35)27(33)28-23-9-11-24(12-10-23)29-15-17-30(18-16-29)26(32)14-7-21-5-3-2-4-6-21/h2-14,19H,15-18H2,1H3,(H,28,33). The molecular formula is C27H26N4O4. The third-order valence-corrected chi connectivity index (χ3v) is 5.96. The number of hydrogen-bond acceptors (Lipinski definition) is 5. The lowest BCUT2D eigenvalue weighted by atomic mass is 10.1. The highest BCUT2D eigenvalue weighted by molar-refractivity contribution is 6.04. The van der Waals surface area contributed by atoms with Gasteiger partial charge >= 0.3 is 0 Å². The maximum Gasteiger partial charge on any atom is 0.272 e. The lowest BCUT2D eigenvalue weighted by molar-refractivity contribution is -0.385. The van der Waals surface area contributed by atoms with E-state index in [0.29, 0.717) is 29.9 Å². The molecule has 1 aliphatic rings. The summed E-state index contributed by atoms with van der Waals surface area (Å²) in [6.45, 7) is 4.32. The van der Waals surface area contributed by atoms with Gasteiger partial charge in [0.05, 0.1) is 4.92 Å². The molecule has 8 nitrogen and oxygen atoms in total. The van der Waals surface area contributed by atoms with Gasteiger partial charge < -0.3 is 15.1 Å². The molecule has 1 N–H and O–H groups in total. The number of piperazine rings is 1. The van der Waals surface area contributed by atoms with E-state index < -0.39 is 4.92 Å². The van der Waals surface area contributed by atoms with Crippen LogP contribution in [0.2, 0.25) is 0 Å². The highest BCUT2D eigenvalue weighted by Gasteiger charge is 2.20. The fourth-order valence-corrected chi connectivity index (χ4v) is 3.98. The predicted molar refractivity (Wildman–Crippen MR) is 136 cm³/mol. The number of nitro groups is 1. The molecule has 0 spiro atoms. The molecule has 0 unspecified atom stereocenters. The number of amides is 2. The van der Waals surface area contributed by atoms with Crippen molar-refractivity contribution in [3.8, 4) is 0 Å². The Morgan fingerprint density at radius 1 is 0.943 bits per heavy atom. The maximum atomic E-state index is 12.5. The minimum absolute atomic E-state index is 0.00745. The summed E-state index contributed by atoms with van der Waals surface area (Å²) >= 11 is 0. The Balaban J connectivity index is 1.30. The van der Waals surface area contributed by atoms with Gasteiger partial charge in [-0.25, -0.2) is 0 Å². The smallest absolute Gasteiger partial charge is 0.272 e. The summed E-state index contributed by atoms with van der Waals surface area (Å²) in [5, 5.41) is 13.8. The Morgan fingerprint density at radius 2 is 1.63 bits per heavy atom. The van der Waals surface area contributed by atoms with Crippen LogP contribution < -0.4 is 10.2 Å². The van der Waals surface area contributed by atoms with E-state index in [1.165, 1.54) is 18.2 Å². The van der Waals surface area contributed by atoms with Crippen LogP contribution in [0.1, 0.15) is 21.5 Å². The molecule has 8 heteroatoms. The number of nitrogens with zero attached hydrogens (tertiary/aromatic N) is 3. The Kier molecular flexibility index (Phi) is 7.21. The minimum atomic E-state index is -0.465. The molecule has 1 aliphatic heterocycles. The van der Waals surface area contributed by atoms with Gasteiger partial charge in [-0.15, -0.1) is 0 Å². The molecule has 178 valence electrons. The van der Waals surface area contributed by atoms with Crippen LogP contribution in [0, 0.1) is 17.0 Å². The van der Waals surface area contributed by atoms with Crippen LogP contribution in [0.15, 0.2) is 78.9 Å². The van der Waals surface area contributed by atoms with Gasteiger partial charge in [0, 0.05) is 60.8 Å². The molecule has 0 bridgehead atoms. The average molecular weight is 471 g/mol. The highest BCUT2D eigenvalue weighted by atomic mass is 16.6. The van der Waals surface area contributed by atoms with E-state index in [9.17, 15) is 19.7 Å². The fraction of sp³-hybridized carbons (Fsp3) is 0.185. The molecule has 0 aromatic heterocycles. The first-order valence-electron chi connectivity index (χ1n) is 11.3. The lowest BCUT2D eigenvalue weighted by Gasteiger charge is -2.35. The first-order chi connectivity index (χ1) is 16.9. The number of anilines is 2. The number of aryl methyl sites for hydroxylation is 1. The van der Waals surface area contributed by atoms with Crippen molar-refractivity contribution in [3.63, 3.8) is 0 Å². The number of carbonyl (C=O) groups is 2. The molecule has 1 heterocycles. The lowest BCUT2D eigenvalue weighted by Crippen LogP contribution is -2.48. The first kappa shape index (κ1) is 23.7. The maximum absolute atomic E-state index is 12.5. The van der Waals surface area contributed by atoms with Gasteiger partial charge in [0.15, 0.2) is 0 Å². The zero-order chi connectivity index (χ0) is 24.8. The monoisotopic (exact) mass is 470 g/mol. The van der Waals surface area contributed by atoms with Crippen molar-refractivity contribution < 1.29 is 14.5 Å². The van der Waals surface area contributed by atoms with Gasteiger partial charge in [-0.2, -0.15) is 0 Å². The molecule has 0 aliphatic carbocycles. The van der Waals surface area contributed by atoms with E-state index in [1.54, 1.807) is 13.0 Å². The SMILES string of the molecule is Cc1cc(C(=O)Nc2ccc(N3CCN(C(=O)C=Cc4ccccc4)CC3)cc2)ccc1[N+](=O)[O-]. The molecule has 3 aromatic rings. The summed E-state index contributed by atoms with van der Waals surface area (Å²) in [6, 6.07) is 21.6.